The molecule has 0 amide bonds. The Bertz CT molecular complexity index is 586. The maximum absolute atomic E-state index is 12.6. The zero-order valence-electron chi connectivity index (χ0n) is 11.1. The first-order valence-electron chi connectivity index (χ1n) is 5.86. The van der Waals surface area contributed by atoms with Gasteiger partial charge in [0.05, 0.1) is 14.2 Å². The fraction of sp³-hybridized carbons (Fsp3) is 0.200. The quantitative estimate of drug-likeness (QED) is 0.790. The fourth-order valence-corrected chi connectivity index (χ4v) is 1.92. The summed E-state index contributed by atoms with van der Waals surface area (Å²) in [5.74, 6) is 0.760. The van der Waals surface area contributed by atoms with Crippen LogP contribution in [0.4, 0.5) is 0 Å². The second-order valence-corrected chi connectivity index (χ2v) is 4.04. The SMILES string of the molecule is COc1cccc(OC)c1C(=O)c1ncccc1C. The molecule has 98 valence electrons. The van der Waals surface area contributed by atoms with Gasteiger partial charge in [0, 0.05) is 6.20 Å². The number of hydrogen-bond acceptors (Lipinski definition) is 4. The van der Waals surface area contributed by atoms with Crippen molar-refractivity contribution in [2.45, 2.75) is 6.92 Å². The van der Waals surface area contributed by atoms with Gasteiger partial charge in [-0.1, -0.05) is 12.1 Å². The van der Waals surface area contributed by atoms with Crippen molar-refractivity contribution in [3.63, 3.8) is 0 Å². The monoisotopic (exact) mass is 257 g/mol. The summed E-state index contributed by atoms with van der Waals surface area (Å²) < 4.78 is 10.5. The van der Waals surface area contributed by atoms with E-state index >= 15 is 0 Å². The van der Waals surface area contributed by atoms with Crippen LogP contribution >= 0.6 is 0 Å². The molecule has 2 rings (SSSR count). The molecule has 0 fully saturated rings. The highest BCUT2D eigenvalue weighted by Crippen LogP contribution is 2.30. The van der Waals surface area contributed by atoms with Crippen molar-refractivity contribution in [3.8, 4) is 11.5 Å². The van der Waals surface area contributed by atoms with Crippen LogP contribution in [0.15, 0.2) is 36.5 Å². The Hall–Kier alpha value is -2.36. The third-order valence-corrected chi connectivity index (χ3v) is 2.88. The lowest BCUT2D eigenvalue weighted by molar-refractivity contribution is 0.102. The molecule has 0 aliphatic rings. The first-order chi connectivity index (χ1) is 9.19. The number of hydrogen-bond donors (Lipinski definition) is 0. The minimum atomic E-state index is -0.201. The molecule has 1 aromatic heterocycles. The molecule has 0 aliphatic carbocycles. The van der Waals surface area contributed by atoms with Crippen LogP contribution in [0.3, 0.4) is 0 Å². The summed E-state index contributed by atoms with van der Waals surface area (Å²) in [5, 5.41) is 0. The standard InChI is InChI=1S/C15H15NO3/c1-10-6-5-9-16-14(10)15(17)13-11(18-2)7-4-8-12(13)19-3/h4-9H,1-3H3. The molecule has 0 radical (unpaired) electrons. The molecule has 1 aromatic carbocycles. The minimum absolute atomic E-state index is 0.201. The summed E-state index contributed by atoms with van der Waals surface area (Å²) in [6.07, 6.45) is 1.60. The van der Waals surface area contributed by atoms with Gasteiger partial charge in [0.15, 0.2) is 0 Å². The van der Waals surface area contributed by atoms with E-state index in [2.05, 4.69) is 4.98 Å². The number of aromatic nitrogens is 1. The van der Waals surface area contributed by atoms with Crippen LogP contribution < -0.4 is 9.47 Å². The molecule has 2 aromatic rings. The molecule has 0 saturated carbocycles. The number of carbonyl (C=O) groups excluding carboxylic acids is 1. The van der Waals surface area contributed by atoms with Gasteiger partial charge in [-0.2, -0.15) is 0 Å². The summed E-state index contributed by atoms with van der Waals surface area (Å²) in [7, 11) is 3.05. The Morgan fingerprint density at radius 1 is 1.05 bits per heavy atom. The van der Waals surface area contributed by atoms with E-state index in [0.717, 1.165) is 5.56 Å². The Labute approximate surface area is 112 Å². The van der Waals surface area contributed by atoms with Crippen LogP contribution in [0.1, 0.15) is 21.6 Å². The van der Waals surface area contributed by atoms with E-state index in [1.165, 1.54) is 14.2 Å². The predicted octanol–water partition coefficient (Wildman–Crippen LogP) is 2.64. The molecular formula is C15H15NO3. The zero-order valence-corrected chi connectivity index (χ0v) is 11.1. The van der Waals surface area contributed by atoms with Gasteiger partial charge < -0.3 is 9.47 Å². The van der Waals surface area contributed by atoms with Crippen molar-refractivity contribution < 1.29 is 14.3 Å². The maximum Gasteiger partial charge on any atom is 0.219 e. The average Bonchev–Trinajstić information content (AvgIpc) is 2.46. The van der Waals surface area contributed by atoms with E-state index in [1.807, 2.05) is 13.0 Å². The maximum atomic E-state index is 12.6. The largest absolute Gasteiger partial charge is 0.496 e. The van der Waals surface area contributed by atoms with Crippen molar-refractivity contribution in [1.29, 1.82) is 0 Å². The van der Waals surface area contributed by atoms with Gasteiger partial charge in [-0.05, 0) is 30.7 Å². The summed E-state index contributed by atoms with van der Waals surface area (Å²) in [4.78, 5) is 16.7. The Balaban J connectivity index is 2.58. The van der Waals surface area contributed by atoms with Gasteiger partial charge in [0.25, 0.3) is 0 Å². The van der Waals surface area contributed by atoms with Crippen molar-refractivity contribution in [1.82, 2.24) is 4.98 Å². The van der Waals surface area contributed by atoms with Crippen LogP contribution in [0.5, 0.6) is 11.5 Å². The second kappa shape index (κ2) is 5.52. The number of ketones is 1. The van der Waals surface area contributed by atoms with Crippen molar-refractivity contribution in [2.24, 2.45) is 0 Å². The summed E-state index contributed by atoms with van der Waals surface area (Å²) in [6.45, 7) is 1.85. The zero-order chi connectivity index (χ0) is 13.8. The lowest BCUT2D eigenvalue weighted by atomic mass is 10.0. The number of pyridine rings is 1. The lowest BCUT2D eigenvalue weighted by Crippen LogP contribution is -2.09. The highest BCUT2D eigenvalue weighted by molar-refractivity contribution is 6.12. The molecule has 0 spiro atoms. The number of carbonyl (C=O) groups is 1. The highest BCUT2D eigenvalue weighted by atomic mass is 16.5. The number of methoxy groups -OCH3 is 2. The topological polar surface area (TPSA) is 48.4 Å². The molecule has 1 heterocycles. The number of ether oxygens (including phenoxy) is 2. The van der Waals surface area contributed by atoms with Gasteiger partial charge in [-0.25, -0.2) is 0 Å². The smallest absolute Gasteiger partial charge is 0.219 e. The second-order valence-electron chi connectivity index (χ2n) is 4.04. The Kier molecular flexibility index (Phi) is 3.80. The first kappa shape index (κ1) is 13.1. The van der Waals surface area contributed by atoms with Gasteiger partial charge in [-0.15, -0.1) is 0 Å². The van der Waals surface area contributed by atoms with E-state index in [9.17, 15) is 4.79 Å². The average molecular weight is 257 g/mol. The fourth-order valence-electron chi connectivity index (χ4n) is 1.92. The van der Waals surface area contributed by atoms with Gasteiger partial charge in [0.2, 0.25) is 5.78 Å². The van der Waals surface area contributed by atoms with Crippen LogP contribution in [0.2, 0.25) is 0 Å². The van der Waals surface area contributed by atoms with Crippen LogP contribution in [-0.2, 0) is 0 Å². The van der Waals surface area contributed by atoms with Crippen LogP contribution in [0, 0.1) is 6.92 Å². The number of rotatable bonds is 4. The van der Waals surface area contributed by atoms with E-state index in [1.54, 1.807) is 30.5 Å². The summed E-state index contributed by atoms with van der Waals surface area (Å²) in [6, 6.07) is 8.88. The third-order valence-electron chi connectivity index (χ3n) is 2.88. The molecule has 0 bridgehead atoms. The van der Waals surface area contributed by atoms with Gasteiger partial charge >= 0.3 is 0 Å². The normalized spacial score (nSPS) is 10.1. The number of benzene rings is 1. The van der Waals surface area contributed by atoms with E-state index < -0.39 is 0 Å². The first-order valence-corrected chi connectivity index (χ1v) is 5.86. The Morgan fingerprint density at radius 3 is 2.21 bits per heavy atom. The molecular weight excluding hydrogens is 242 g/mol. The van der Waals surface area contributed by atoms with E-state index in [4.69, 9.17) is 9.47 Å². The molecule has 0 saturated heterocycles. The third kappa shape index (κ3) is 2.42. The molecule has 0 N–H and O–H groups in total. The molecule has 0 atom stereocenters. The number of aryl methyl sites for hydroxylation is 1. The van der Waals surface area contributed by atoms with Gasteiger partial charge in [0.1, 0.15) is 22.8 Å². The van der Waals surface area contributed by atoms with Crippen molar-refractivity contribution >= 4 is 5.78 Å². The lowest BCUT2D eigenvalue weighted by Gasteiger charge is -2.12. The molecule has 0 aliphatic heterocycles. The molecule has 19 heavy (non-hydrogen) atoms. The molecule has 0 unspecified atom stereocenters. The molecule has 4 nitrogen and oxygen atoms in total. The van der Waals surface area contributed by atoms with Crippen molar-refractivity contribution in [3.05, 3.63) is 53.3 Å². The Morgan fingerprint density at radius 2 is 1.68 bits per heavy atom. The minimum Gasteiger partial charge on any atom is -0.496 e. The predicted molar refractivity (Wildman–Crippen MR) is 72.0 cm³/mol. The van der Waals surface area contributed by atoms with E-state index in [0.29, 0.717) is 22.8 Å². The van der Waals surface area contributed by atoms with Crippen LogP contribution in [-0.4, -0.2) is 25.0 Å². The van der Waals surface area contributed by atoms with Crippen LogP contribution in [0.25, 0.3) is 0 Å². The summed E-state index contributed by atoms with van der Waals surface area (Å²) in [5.41, 5.74) is 1.63. The highest BCUT2D eigenvalue weighted by Gasteiger charge is 2.21. The van der Waals surface area contributed by atoms with Gasteiger partial charge in [-0.3, -0.25) is 9.78 Å². The summed E-state index contributed by atoms with van der Waals surface area (Å²) >= 11 is 0. The number of nitrogens with zero attached hydrogens (tertiary/aromatic N) is 1. The molecule has 4 heteroatoms. The van der Waals surface area contributed by atoms with E-state index in [-0.39, 0.29) is 5.78 Å². The van der Waals surface area contributed by atoms with Crippen molar-refractivity contribution in [2.75, 3.05) is 14.2 Å².